The molecule has 24 heavy (non-hydrogen) atoms. The van der Waals surface area contributed by atoms with E-state index in [0.29, 0.717) is 26.4 Å². The van der Waals surface area contributed by atoms with Crippen molar-refractivity contribution in [1.29, 1.82) is 0 Å². The van der Waals surface area contributed by atoms with E-state index in [2.05, 4.69) is 5.32 Å². The standard InChI is InChI=1S/C14H28N2O8/c1-9(18)16-11-13(20)12(19)10(8-17)24-14(11)23-7-6-22-5-4-21-3-2-15/h10-14,17,19-20H,2-8,15H2,1H3,(H,16,18)/t10?,11?,12-,13+,14+/m0/s1. The Balaban J connectivity index is 2.39. The number of carbonyl (C=O) groups is 1. The monoisotopic (exact) mass is 352 g/mol. The molecule has 1 rings (SSSR count). The molecule has 2 unspecified atom stereocenters. The van der Waals surface area contributed by atoms with Crippen LogP contribution in [0.3, 0.4) is 0 Å². The molecule has 10 heteroatoms. The van der Waals surface area contributed by atoms with E-state index in [-0.39, 0.29) is 13.2 Å². The molecular weight excluding hydrogens is 324 g/mol. The lowest BCUT2D eigenvalue weighted by atomic mass is 9.97. The summed E-state index contributed by atoms with van der Waals surface area (Å²) >= 11 is 0. The molecule has 1 aliphatic rings. The van der Waals surface area contributed by atoms with Crippen LogP contribution >= 0.6 is 0 Å². The second kappa shape index (κ2) is 11.7. The fourth-order valence-electron chi connectivity index (χ4n) is 2.24. The molecule has 10 nitrogen and oxygen atoms in total. The van der Waals surface area contributed by atoms with E-state index in [1.807, 2.05) is 0 Å². The Morgan fingerprint density at radius 2 is 1.75 bits per heavy atom. The van der Waals surface area contributed by atoms with Gasteiger partial charge in [-0.15, -0.1) is 0 Å². The summed E-state index contributed by atoms with van der Waals surface area (Å²) in [4.78, 5) is 11.3. The second-order valence-electron chi connectivity index (χ2n) is 5.32. The molecule has 0 saturated carbocycles. The van der Waals surface area contributed by atoms with Gasteiger partial charge in [0.15, 0.2) is 6.29 Å². The van der Waals surface area contributed by atoms with Crippen LogP contribution < -0.4 is 11.1 Å². The summed E-state index contributed by atoms with van der Waals surface area (Å²) in [5, 5.41) is 31.6. The van der Waals surface area contributed by atoms with Gasteiger partial charge in [-0.2, -0.15) is 0 Å². The van der Waals surface area contributed by atoms with Crippen molar-refractivity contribution in [1.82, 2.24) is 5.32 Å². The van der Waals surface area contributed by atoms with Gasteiger partial charge in [0.25, 0.3) is 0 Å². The van der Waals surface area contributed by atoms with Crippen LogP contribution in [0.4, 0.5) is 0 Å². The third-order valence-corrected chi connectivity index (χ3v) is 3.39. The van der Waals surface area contributed by atoms with Gasteiger partial charge in [-0.1, -0.05) is 0 Å². The predicted octanol–water partition coefficient (Wildman–Crippen LogP) is -3.06. The molecule has 1 aliphatic heterocycles. The highest BCUT2D eigenvalue weighted by Gasteiger charge is 2.45. The van der Waals surface area contributed by atoms with Crippen molar-refractivity contribution in [3.8, 4) is 0 Å². The number of amides is 1. The molecule has 0 aromatic rings. The fraction of sp³-hybridized carbons (Fsp3) is 0.929. The van der Waals surface area contributed by atoms with Gasteiger partial charge in [-0.3, -0.25) is 4.79 Å². The summed E-state index contributed by atoms with van der Waals surface area (Å²) < 4.78 is 21.3. The second-order valence-corrected chi connectivity index (χ2v) is 5.32. The van der Waals surface area contributed by atoms with Crippen molar-refractivity contribution >= 4 is 5.91 Å². The zero-order valence-electron chi connectivity index (χ0n) is 13.8. The van der Waals surface area contributed by atoms with E-state index >= 15 is 0 Å². The van der Waals surface area contributed by atoms with E-state index in [1.54, 1.807) is 0 Å². The van der Waals surface area contributed by atoms with Crippen LogP contribution in [0, 0.1) is 0 Å². The number of rotatable bonds is 11. The normalized spacial score (nSPS) is 30.3. The van der Waals surface area contributed by atoms with Crippen LogP contribution in [-0.2, 0) is 23.7 Å². The van der Waals surface area contributed by atoms with Gasteiger partial charge in [0, 0.05) is 13.5 Å². The molecule has 6 N–H and O–H groups in total. The van der Waals surface area contributed by atoms with Gasteiger partial charge < -0.3 is 45.3 Å². The SMILES string of the molecule is CC(=O)NC1[C@H](OCCOCCOCCN)OC(CO)[C@H](O)[C@@H]1O. The van der Waals surface area contributed by atoms with Gasteiger partial charge in [0.2, 0.25) is 5.91 Å². The molecule has 5 atom stereocenters. The third kappa shape index (κ3) is 6.95. The van der Waals surface area contributed by atoms with Crippen LogP contribution in [0.5, 0.6) is 0 Å². The first-order valence-corrected chi connectivity index (χ1v) is 7.88. The van der Waals surface area contributed by atoms with Gasteiger partial charge in [0.1, 0.15) is 24.4 Å². The van der Waals surface area contributed by atoms with E-state index in [4.69, 9.17) is 24.7 Å². The lowest BCUT2D eigenvalue weighted by Crippen LogP contribution is -2.64. The first-order valence-electron chi connectivity index (χ1n) is 7.88. The Kier molecular flexibility index (Phi) is 10.3. The predicted molar refractivity (Wildman–Crippen MR) is 82.0 cm³/mol. The van der Waals surface area contributed by atoms with Gasteiger partial charge >= 0.3 is 0 Å². The van der Waals surface area contributed by atoms with Crippen molar-refractivity contribution in [2.24, 2.45) is 5.73 Å². The summed E-state index contributed by atoms with van der Waals surface area (Å²) in [7, 11) is 0. The molecule has 142 valence electrons. The molecule has 0 aliphatic carbocycles. The van der Waals surface area contributed by atoms with E-state index in [9.17, 15) is 20.1 Å². The molecule has 0 bridgehead atoms. The molecular formula is C14H28N2O8. The summed E-state index contributed by atoms with van der Waals surface area (Å²) in [6, 6.07) is -0.951. The maximum absolute atomic E-state index is 11.3. The lowest BCUT2D eigenvalue weighted by molar-refractivity contribution is -0.272. The molecule has 1 heterocycles. The summed E-state index contributed by atoms with van der Waals surface area (Å²) in [6.07, 6.45) is -4.67. The molecule has 0 aromatic heterocycles. The maximum atomic E-state index is 11.3. The van der Waals surface area contributed by atoms with Crippen LogP contribution in [0.25, 0.3) is 0 Å². The number of aliphatic hydroxyl groups excluding tert-OH is 3. The van der Waals surface area contributed by atoms with Crippen LogP contribution in [0.2, 0.25) is 0 Å². The topological polar surface area (TPSA) is 153 Å². The largest absolute Gasteiger partial charge is 0.394 e. The van der Waals surface area contributed by atoms with Gasteiger partial charge in [-0.25, -0.2) is 0 Å². The Morgan fingerprint density at radius 3 is 2.33 bits per heavy atom. The zero-order chi connectivity index (χ0) is 17.9. The molecule has 1 saturated heterocycles. The average Bonchev–Trinajstić information content (AvgIpc) is 2.55. The molecule has 0 aromatic carbocycles. The van der Waals surface area contributed by atoms with E-state index in [0.717, 1.165) is 0 Å². The molecule has 0 spiro atoms. The van der Waals surface area contributed by atoms with E-state index in [1.165, 1.54) is 6.92 Å². The number of carbonyl (C=O) groups excluding carboxylic acids is 1. The lowest BCUT2D eigenvalue weighted by Gasteiger charge is -2.42. The van der Waals surface area contributed by atoms with Crippen molar-refractivity contribution < 1.29 is 39.1 Å². The zero-order valence-corrected chi connectivity index (χ0v) is 13.8. The fourth-order valence-corrected chi connectivity index (χ4v) is 2.24. The number of nitrogens with one attached hydrogen (secondary N) is 1. The summed E-state index contributed by atoms with van der Waals surface area (Å²) in [5.41, 5.74) is 5.28. The number of aliphatic hydroxyl groups is 3. The molecule has 1 fully saturated rings. The van der Waals surface area contributed by atoms with Crippen molar-refractivity contribution in [3.63, 3.8) is 0 Å². The van der Waals surface area contributed by atoms with Crippen LogP contribution in [0.15, 0.2) is 0 Å². The minimum absolute atomic E-state index is 0.138. The van der Waals surface area contributed by atoms with Crippen molar-refractivity contribution in [2.45, 2.75) is 37.6 Å². The number of hydrogen-bond acceptors (Lipinski definition) is 9. The highest BCUT2D eigenvalue weighted by Crippen LogP contribution is 2.22. The minimum Gasteiger partial charge on any atom is -0.394 e. The van der Waals surface area contributed by atoms with Crippen molar-refractivity contribution in [2.75, 3.05) is 46.2 Å². The third-order valence-electron chi connectivity index (χ3n) is 3.39. The first kappa shape index (κ1) is 21.2. The smallest absolute Gasteiger partial charge is 0.217 e. The van der Waals surface area contributed by atoms with Gasteiger partial charge in [0.05, 0.1) is 39.6 Å². The minimum atomic E-state index is -1.33. The molecule has 0 radical (unpaired) electrons. The average molecular weight is 352 g/mol. The summed E-state index contributed by atoms with van der Waals surface area (Å²) in [5.74, 6) is -0.404. The van der Waals surface area contributed by atoms with Crippen LogP contribution in [-0.4, -0.2) is 98.1 Å². The van der Waals surface area contributed by atoms with Crippen molar-refractivity contribution in [3.05, 3.63) is 0 Å². The number of ether oxygens (including phenoxy) is 4. The van der Waals surface area contributed by atoms with Crippen LogP contribution in [0.1, 0.15) is 6.92 Å². The molecule has 1 amide bonds. The highest BCUT2D eigenvalue weighted by atomic mass is 16.7. The van der Waals surface area contributed by atoms with Gasteiger partial charge in [-0.05, 0) is 0 Å². The Labute approximate surface area is 140 Å². The maximum Gasteiger partial charge on any atom is 0.217 e. The Bertz CT molecular complexity index is 360. The number of hydrogen-bond donors (Lipinski definition) is 5. The summed E-state index contributed by atoms with van der Waals surface area (Å²) in [6.45, 7) is 2.90. The van der Waals surface area contributed by atoms with E-state index < -0.39 is 43.2 Å². The first-order chi connectivity index (χ1) is 11.5. The Hall–Kier alpha value is -0.850. The highest BCUT2D eigenvalue weighted by molar-refractivity contribution is 5.73. The Morgan fingerprint density at radius 1 is 1.12 bits per heavy atom. The number of nitrogens with two attached hydrogens (primary N) is 1. The quantitative estimate of drug-likeness (QED) is 0.244.